The Kier molecular flexibility index (Phi) is 2.84. The Balaban J connectivity index is 1.62. The lowest BCUT2D eigenvalue weighted by molar-refractivity contribution is 0.669. The summed E-state index contributed by atoms with van der Waals surface area (Å²) in [6.45, 7) is 0. The van der Waals surface area contributed by atoms with Gasteiger partial charge in [0, 0.05) is 38.7 Å². The monoisotopic (exact) mass is 498 g/mol. The average Bonchev–Trinajstić information content (AvgIpc) is 3.70. The van der Waals surface area contributed by atoms with Gasteiger partial charge in [0.25, 0.3) is 0 Å². The van der Waals surface area contributed by atoms with E-state index < -0.39 is 48.3 Å². The van der Waals surface area contributed by atoms with E-state index in [9.17, 15) is 2.74 Å². The highest BCUT2D eigenvalue weighted by Gasteiger charge is 2.19. The van der Waals surface area contributed by atoms with Gasteiger partial charge in [-0.3, -0.25) is 4.57 Å². The minimum atomic E-state index is -0.554. The second-order valence-corrected chi connectivity index (χ2v) is 8.56. The zero-order valence-electron chi connectivity index (χ0n) is 29.5. The van der Waals surface area contributed by atoms with Crippen molar-refractivity contribution in [1.82, 2.24) is 19.5 Å². The molecule has 0 unspecified atom stereocenters. The molecule has 8 rings (SSSR count). The molecule has 0 saturated carbocycles. The van der Waals surface area contributed by atoms with Gasteiger partial charge >= 0.3 is 0 Å². The third-order valence-corrected chi connectivity index (χ3v) is 6.31. The minimum absolute atomic E-state index is 0.0486. The van der Waals surface area contributed by atoms with Crippen LogP contribution in [0.15, 0.2) is 126 Å². The summed E-state index contributed by atoms with van der Waals surface area (Å²) in [5, 5.41) is -0.301. The molecule has 0 amide bonds. The highest BCUT2D eigenvalue weighted by molar-refractivity contribution is 6.17. The molecule has 5 aromatic carbocycles. The number of furan rings is 1. The van der Waals surface area contributed by atoms with Gasteiger partial charge in [-0.15, -0.1) is 0 Å². The highest BCUT2D eigenvalue weighted by atomic mass is 16.3. The highest BCUT2D eigenvalue weighted by Crippen LogP contribution is 2.38. The van der Waals surface area contributed by atoms with E-state index in [0.29, 0.717) is 11.1 Å². The Morgan fingerprint density at radius 1 is 0.553 bits per heavy atom. The van der Waals surface area contributed by atoms with Crippen LogP contribution in [-0.2, 0) is 0 Å². The van der Waals surface area contributed by atoms with Gasteiger partial charge < -0.3 is 4.42 Å². The van der Waals surface area contributed by atoms with Crippen molar-refractivity contribution in [2.24, 2.45) is 0 Å². The van der Waals surface area contributed by atoms with E-state index in [2.05, 4.69) is 0 Å². The molecule has 5 heteroatoms. The average molecular weight is 499 g/mol. The number of rotatable bonds is 3. The summed E-state index contributed by atoms with van der Waals surface area (Å²) >= 11 is 0. The zero-order chi connectivity index (χ0) is 33.8. The molecule has 3 aromatic heterocycles. The van der Waals surface area contributed by atoms with Gasteiger partial charge in [-0.2, -0.15) is 9.97 Å². The molecule has 5 nitrogen and oxygen atoms in total. The van der Waals surface area contributed by atoms with Gasteiger partial charge in [0.05, 0.1) is 24.7 Å². The SMILES string of the molecule is [2H]c1c([2H])c([2H])c2c(oc3c([2H])c4c(c([2H])c32)c2c([2H])c([2H])c([2H])c([2H])c2n4-c2nc(-c3ccccc3)nc(-c3ccccc3)n2)c1[2H]. The van der Waals surface area contributed by atoms with Crippen LogP contribution in [0.1, 0.15) is 13.7 Å². The molecule has 0 aliphatic carbocycles. The Labute approximate surface area is 231 Å². The van der Waals surface area contributed by atoms with Crippen LogP contribution >= 0.6 is 0 Å². The summed E-state index contributed by atoms with van der Waals surface area (Å²) in [5.74, 6) is 0.420. The van der Waals surface area contributed by atoms with E-state index in [1.165, 1.54) is 4.57 Å². The predicted octanol–water partition coefficient (Wildman–Crippen LogP) is 8.20. The first-order valence-electron chi connectivity index (χ1n) is 16.7. The first-order valence-corrected chi connectivity index (χ1v) is 11.7. The minimum Gasteiger partial charge on any atom is -0.456 e. The summed E-state index contributed by atoms with van der Waals surface area (Å²) < 4.78 is 94.4. The Morgan fingerprint density at radius 3 is 1.89 bits per heavy atom. The Bertz CT molecular complexity index is 2620. The summed E-state index contributed by atoms with van der Waals surface area (Å²) in [7, 11) is 0. The van der Waals surface area contributed by atoms with Crippen molar-refractivity contribution in [3.8, 4) is 28.7 Å². The standard InChI is InChI=1S/C33H20N4O/c1-3-11-21(12-4-1)31-34-32(22-13-5-2-6-14-22)36-33(35-31)37-27-17-9-7-15-23(27)25-19-26-24-16-8-10-18-29(24)38-30(26)20-28(25)37/h1-20H/i7D,8D,9D,10D,15D,16D,17D,18D,19D,20D. The lowest BCUT2D eigenvalue weighted by atomic mass is 10.1. The van der Waals surface area contributed by atoms with E-state index in [-0.39, 0.29) is 73.4 Å². The van der Waals surface area contributed by atoms with Gasteiger partial charge in [-0.1, -0.05) is 96.9 Å². The molecule has 0 saturated heterocycles. The fraction of sp³-hybridized carbons (Fsp3) is 0. The van der Waals surface area contributed by atoms with Gasteiger partial charge in [0.2, 0.25) is 5.95 Å². The van der Waals surface area contributed by atoms with Gasteiger partial charge in [0.1, 0.15) is 11.2 Å². The van der Waals surface area contributed by atoms with E-state index in [1.807, 2.05) is 36.4 Å². The van der Waals surface area contributed by atoms with Gasteiger partial charge in [-0.05, 0) is 18.1 Å². The number of hydrogen-bond acceptors (Lipinski definition) is 4. The molecule has 0 spiro atoms. The maximum atomic E-state index is 9.41. The molecule has 0 radical (unpaired) electrons. The van der Waals surface area contributed by atoms with Crippen molar-refractivity contribution in [2.45, 2.75) is 0 Å². The number of para-hydroxylation sites is 2. The lowest BCUT2D eigenvalue weighted by Gasteiger charge is -2.10. The van der Waals surface area contributed by atoms with E-state index in [1.54, 1.807) is 24.3 Å². The topological polar surface area (TPSA) is 56.7 Å². The molecular weight excluding hydrogens is 468 g/mol. The molecule has 8 aromatic rings. The van der Waals surface area contributed by atoms with Crippen LogP contribution in [0.4, 0.5) is 0 Å². The van der Waals surface area contributed by atoms with E-state index in [4.69, 9.17) is 30.3 Å². The molecule has 0 bridgehead atoms. The van der Waals surface area contributed by atoms with E-state index in [0.717, 1.165) is 0 Å². The second kappa shape index (κ2) is 8.11. The van der Waals surface area contributed by atoms with Crippen molar-refractivity contribution < 1.29 is 18.1 Å². The van der Waals surface area contributed by atoms with Crippen molar-refractivity contribution >= 4 is 43.7 Å². The molecule has 178 valence electrons. The van der Waals surface area contributed by atoms with E-state index >= 15 is 0 Å². The van der Waals surface area contributed by atoms with Crippen LogP contribution in [0.5, 0.6) is 0 Å². The van der Waals surface area contributed by atoms with Crippen molar-refractivity contribution in [3.05, 3.63) is 121 Å². The Hall–Kier alpha value is -5.29. The summed E-state index contributed by atoms with van der Waals surface area (Å²) in [5.41, 5.74) is 0.678. The zero-order valence-corrected chi connectivity index (χ0v) is 19.5. The molecule has 38 heavy (non-hydrogen) atoms. The predicted molar refractivity (Wildman–Crippen MR) is 152 cm³/mol. The maximum Gasteiger partial charge on any atom is 0.238 e. The molecule has 0 aliphatic heterocycles. The van der Waals surface area contributed by atoms with Crippen LogP contribution in [0.3, 0.4) is 0 Å². The van der Waals surface area contributed by atoms with Crippen LogP contribution in [0.2, 0.25) is 0 Å². The fourth-order valence-corrected chi connectivity index (χ4v) is 4.59. The molecule has 0 atom stereocenters. The fourth-order valence-electron chi connectivity index (χ4n) is 4.59. The molecular formula is C33H20N4O. The van der Waals surface area contributed by atoms with Crippen molar-refractivity contribution in [3.63, 3.8) is 0 Å². The third-order valence-electron chi connectivity index (χ3n) is 6.31. The molecule has 0 fully saturated rings. The summed E-state index contributed by atoms with van der Waals surface area (Å²) in [6, 6.07) is 13.4. The first kappa shape index (κ1) is 13.3. The molecule has 0 N–H and O–H groups in total. The lowest BCUT2D eigenvalue weighted by Crippen LogP contribution is -2.06. The number of aromatic nitrogens is 4. The smallest absolute Gasteiger partial charge is 0.238 e. The normalized spacial score (nSPS) is 15.4. The van der Waals surface area contributed by atoms with Crippen LogP contribution in [0.25, 0.3) is 72.5 Å². The number of fused-ring (bicyclic) bond motifs is 6. The number of benzene rings is 5. The summed E-state index contributed by atoms with van der Waals surface area (Å²) in [6.07, 6.45) is 0. The molecule has 0 aliphatic rings. The number of nitrogens with zero attached hydrogens (tertiary/aromatic N) is 4. The number of hydrogen-bond donors (Lipinski definition) is 0. The second-order valence-electron chi connectivity index (χ2n) is 8.56. The van der Waals surface area contributed by atoms with Crippen LogP contribution < -0.4 is 0 Å². The first-order chi connectivity index (χ1) is 23.0. The molecule has 3 heterocycles. The Morgan fingerprint density at radius 2 is 1.18 bits per heavy atom. The third kappa shape index (κ3) is 3.15. The maximum absolute atomic E-state index is 9.41. The van der Waals surface area contributed by atoms with Gasteiger partial charge in [0.15, 0.2) is 11.6 Å². The van der Waals surface area contributed by atoms with Gasteiger partial charge in [-0.25, -0.2) is 4.98 Å². The van der Waals surface area contributed by atoms with Crippen molar-refractivity contribution in [1.29, 1.82) is 0 Å². The largest absolute Gasteiger partial charge is 0.456 e. The van der Waals surface area contributed by atoms with Crippen molar-refractivity contribution in [2.75, 3.05) is 0 Å². The van der Waals surface area contributed by atoms with Crippen LogP contribution in [-0.4, -0.2) is 19.5 Å². The quantitative estimate of drug-likeness (QED) is 0.246. The summed E-state index contributed by atoms with van der Waals surface area (Å²) in [4.78, 5) is 14.2. The van der Waals surface area contributed by atoms with Crippen LogP contribution in [0, 0.1) is 0 Å².